The van der Waals surface area contributed by atoms with E-state index in [0.717, 1.165) is 0 Å². The molecule has 0 fully saturated rings. The summed E-state index contributed by atoms with van der Waals surface area (Å²) in [7, 11) is 0. The summed E-state index contributed by atoms with van der Waals surface area (Å²) in [5, 5.41) is 0. The van der Waals surface area contributed by atoms with E-state index in [1.807, 2.05) is 0 Å². The van der Waals surface area contributed by atoms with E-state index in [0.29, 0.717) is 19.3 Å². The maximum Gasteiger partial charge on any atom is 0.341 e. The SMILES string of the molecule is CC(=O)Oc1ccccc1C(=O)OCCCCC(=O)OC(C)C. The largest absolute Gasteiger partial charge is 0.463 e. The molecular weight excluding hydrogens is 300 g/mol. The normalized spacial score (nSPS) is 10.3. The van der Waals surface area contributed by atoms with Gasteiger partial charge in [0.25, 0.3) is 0 Å². The molecule has 23 heavy (non-hydrogen) atoms. The monoisotopic (exact) mass is 322 g/mol. The Morgan fingerprint density at radius 3 is 2.43 bits per heavy atom. The molecule has 0 spiro atoms. The molecule has 0 aromatic heterocycles. The fourth-order valence-electron chi connectivity index (χ4n) is 1.81. The number of ether oxygens (including phenoxy) is 3. The summed E-state index contributed by atoms with van der Waals surface area (Å²) in [6.45, 7) is 5.03. The molecule has 0 N–H and O–H groups in total. The zero-order chi connectivity index (χ0) is 17.2. The van der Waals surface area contributed by atoms with Crippen molar-refractivity contribution in [1.29, 1.82) is 0 Å². The third-order valence-electron chi connectivity index (χ3n) is 2.74. The van der Waals surface area contributed by atoms with Crippen molar-refractivity contribution in [2.75, 3.05) is 6.61 Å². The van der Waals surface area contributed by atoms with Crippen LogP contribution in [-0.2, 0) is 19.1 Å². The minimum absolute atomic E-state index is 0.127. The van der Waals surface area contributed by atoms with Gasteiger partial charge >= 0.3 is 17.9 Å². The van der Waals surface area contributed by atoms with E-state index in [2.05, 4.69) is 0 Å². The van der Waals surface area contributed by atoms with Crippen LogP contribution in [0.4, 0.5) is 0 Å². The van der Waals surface area contributed by atoms with Crippen LogP contribution in [0.25, 0.3) is 0 Å². The van der Waals surface area contributed by atoms with Crippen molar-refractivity contribution in [2.24, 2.45) is 0 Å². The maximum absolute atomic E-state index is 12.0. The van der Waals surface area contributed by atoms with Gasteiger partial charge in [-0.15, -0.1) is 0 Å². The second kappa shape index (κ2) is 9.61. The molecule has 0 aliphatic rings. The van der Waals surface area contributed by atoms with Gasteiger partial charge in [-0.2, -0.15) is 0 Å². The Hall–Kier alpha value is -2.37. The van der Waals surface area contributed by atoms with E-state index in [1.165, 1.54) is 19.1 Å². The highest BCUT2D eigenvalue weighted by Crippen LogP contribution is 2.19. The highest BCUT2D eigenvalue weighted by Gasteiger charge is 2.14. The van der Waals surface area contributed by atoms with E-state index in [4.69, 9.17) is 14.2 Å². The van der Waals surface area contributed by atoms with E-state index in [-0.39, 0.29) is 30.0 Å². The molecule has 0 aliphatic heterocycles. The highest BCUT2D eigenvalue weighted by molar-refractivity contribution is 5.93. The lowest BCUT2D eigenvalue weighted by molar-refractivity contribution is -0.147. The van der Waals surface area contributed by atoms with Crippen molar-refractivity contribution in [2.45, 2.75) is 46.1 Å². The highest BCUT2D eigenvalue weighted by atomic mass is 16.6. The molecular formula is C17H22O6. The van der Waals surface area contributed by atoms with Crippen LogP contribution in [0.3, 0.4) is 0 Å². The molecule has 0 saturated carbocycles. The average Bonchev–Trinajstić information content (AvgIpc) is 2.45. The smallest absolute Gasteiger partial charge is 0.341 e. The van der Waals surface area contributed by atoms with Gasteiger partial charge in [0.15, 0.2) is 0 Å². The quantitative estimate of drug-likeness (QED) is 0.416. The zero-order valence-corrected chi connectivity index (χ0v) is 13.7. The van der Waals surface area contributed by atoms with E-state index in [9.17, 15) is 14.4 Å². The maximum atomic E-state index is 12.0. The van der Waals surface area contributed by atoms with Crippen LogP contribution in [-0.4, -0.2) is 30.6 Å². The number of unbranched alkanes of at least 4 members (excludes halogenated alkanes) is 1. The summed E-state index contributed by atoms with van der Waals surface area (Å²) in [4.78, 5) is 34.3. The molecule has 0 heterocycles. The summed E-state index contributed by atoms with van der Waals surface area (Å²) in [6, 6.07) is 6.38. The standard InChI is InChI=1S/C17H22O6/c1-12(2)22-16(19)10-6-7-11-21-17(20)14-8-4-5-9-15(14)23-13(3)18/h4-5,8-9,12H,6-7,10-11H2,1-3H3. The Bertz CT molecular complexity index is 550. The summed E-state index contributed by atoms with van der Waals surface area (Å²) in [5.41, 5.74) is 0.196. The van der Waals surface area contributed by atoms with Crippen LogP contribution in [0.2, 0.25) is 0 Å². The van der Waals surface area contributed by atoms with Gasteiger partial charge in [0.1, 0.15) is 11.3 Å². The van der Waals surface area contributed by atoms with Crippen molar-refractivity contribution >= 4 is 17.9 Å². The number of esters is 3. The molecule has 6 nitrogen and oxygen atoms in total. The van der Waals surface area contributed by atoms with Crippen LogP contribution in [0, 0.1) is 0 Å². The van der Waals surface area contributed by atoms with Crippen LogP contribution in [0.5, 0.6) is 5.75 Å². The van der Waals surface area contributed by atoms with Crippen LogP contribution in [0.15, 0.2) is 24.3 Å². The van der Waals surface area contributed by atoms with E-state index >= 15 is 0 Å². The fourth-order valence-corrected chi connectivity index (χ4v) is 1.81. The minimum atomic E-state index is -0.563. The minimum Gasteiger partial charge on any atom is -0.463 e. The predicted molar refractivity (Wildman–Crippen MR) is 83.1 cm³/mol. The fraction of sp³-hybridized carbons (Fsp3) is 0.471. The number of benzene rings is 1. The van der Waals surface area contributed by atoms with Gasteiger partial charge in [-0.3, -0.25) is 9.59 Å². The van der Waals surface area contributed by atoms with E-state index < -0.39 is 11.9 Å². The Labute approximate surface area is 135 Å². The summed E-state index contributed by atoms with van der Waals surface area (Å²) < 4.78 is 15.1. The topological polar surface area (TPSA) is 78.9 Å². The predicted octanol–water partition coefficient (Wildman–Crippen LogP) is 2.89. The summed E-state index contributed by atoms with van der Waals surface area (Å²) in [5.74, 6) is -1.16. The Kier molecular flexibility index (Phi) is 7.80. The second-order valence-electron chi connectivity index (χ2n) is 5.22. The zero-order valence-electron chi connectivity index (χ0n) is 13.7. The number of carbonyl (C=O) groups is 3. The lowest BCUT2D eigenvalue weighted by Gasteiger charge is -2.09. The Morgan fingerprint density at radius 2 is 1.78 bits per heavy atom. The first kappa shape index (κ1) is 18.7. The van der Waals surface area contributed by atoms with Gasteiger partial charge in [0.2, 0.25) is 0 Å². The molecule has 0 bridgehead atoms. The molecule has 0 saturated heterocycles. The van der Waals surface area contributed by atoms with Crippen LogP contribution in [0.1, 0.15) is 50.4 Å². The van der Waals surface area contributed by atoms with Gasteiger partial charge < -0.3 is 14.2 Å². The lowest BCUT2D eigenvalue weighted by atomic mass is 10.2. The first-order chi connectivity index (χ1) is 10.9. The second-order valence-corrected chi connectivity index (χ2v) is 5.22. The first-order valence-electron chi connectivity index (χ1n) is 7.54. The molecule has 0 aliphatic carbocycles. The number of rotatable bonds is 8. The van der Waals surface area contributed by atoms with E-state index in [1.54, 1.807) is 26.0 Å². The molecule has 1 aromatic carbocycles. The van der Waals surface area contributed by atoms with Gasteiger partial charge in [-0.25, -0.2) is 4.79 Å². The Balaban J connectivity index is 2.37. The van der Waals surface area contributed by atoms with Gasteiger partial charge in [0, 0.05) is 13.3 Å². The van der Waals surface area contributed by atoms with Crippen molar-refractivity contribution in [3.63, 3.8) is 0 Å². The Morgan fingerprint density at radius 1 is 1.09 bits per heavy atom. The third-order valence-corrected chi connectivity index (χ3v) is 2.74. The number of hydrogen-bond donors (Lipinski definition) is 0. The van der Waals surface area contributed by atoms with Crippen molar-refractivity contribution in [1.82, 2.24) is 0 Å². The molecule has 1 rings (SSSR count). The molecule has 0 amide bonds. The summed E-state index contributed by atoms with van der Waals surface area (Å²) >= 11 is 0. The average molecular weight is 322 g/mol. The van der Waals surface area contributed by atoms with Crippen molar-refractivity contribution in [3.05, 3.63) is 29.8 Å². The number of hydrogen-bond acceptors (Lipinski definition) is 6. The molecule has 0 atom stereocenters. The van der Waals surface area contributed by atoms with Gasteiger partial charge in [-0.1, -0.05) is 12.1 Å². The molecule has 0 radical (unpaired) electrons. The molecule has 6 heteroatoms. The summed E-state index contributed by atoms with van der Waals surface area (Å²) in [6.07, 6.45) is 1.29. The first-order valence-corrected chi connectivity index (χ1v) is 7.54. The molecule has 0 unspecified atom stereocenters. The molecule has 1 aromatic rings. The van der Waals surface area contributed by atoms with Crippen molar-refractivity contribution < 1.29 is 28.6 Å². The molecule has 126 valence electrons. The van der Waals surface area contributed by atoms with Gasteiger partial charge in [-0.05, 0) is 38.8 Å². The number of para-hydroxylation sites is 1. The number of carbonyl (C=O) groups excluding carboxylic acids is 3. The van der Waals surface area contributed by atoms with Crippen LogP contribution >= 0.6 is 0 Å². The lowest BCUT2D eigenvalue weighted by Crippen LogP contribution is -2.12. The van der Waals surface area contributed by atoms with Gasteiger partial charge in [0.05, 0.1) is 12.7 Å². The van der Waals surface area contributed by atoms with Crippen LogP contribution < -0.4 is 4.74 Å². The van der Waals surface area contributed by atoms with Crippen molar-refractivity contribution in [3.8, 4) is 5.75 Å². The third kappa shape index (κ3) is 7.44.